The van der Waals surface area contributed by atoms with E-state index in [2.05, 4.69) is 0 Å². The Hall–Kier alpha value is -1.27. The van der Waals surface area contributed by atoms with E-state index in [1.54, 1.807) is 0 Å². The van der Waals surface area contributed by atoms with Crippen molar-refractivity contribution < 1.29 is 32.6 Å². The second-order valence-electron chi connectivity index (χ2n) is 1.15. The van der Waals surface area contributed by atoms with E-state index in [4.69, 9.17) is 0 Å². The van der Waals surface area contributed by atoms with Crippen molar-refractivity contribution in [1.29, 1.82) is 0 Å². The van der Waals surface area contributed by atoms with E-state index in [1.165, 1.54) is 0 Å². The van der Waals surface area contributed by atoms with Gasteiger partial charge in [-0.05, 0) is 0 Å². The number of benzene rings is 1. The van der Waals surface area contributed by atoms with E-state index in [1.807, 2.05) is 36.4 Å². The second kappa shape index (κ2) is 60.4. The number of hydrogen-bond donors (Lipinski definition) is 0. The molecule has 92 valence electrons. The molecule has 1 rings (SSSR count). The van der Waals surface area contributed by atoms with Crippen molar-refractivity contribution in [2.75, 3.05) is 7.18 Å². The van der Waals surface area contributed by atoms with Gasteiger partial charge in [-0.1, -0.05) is 36.4 Å². The van der Waals surface area contributed by atoms with Gasteiger partial charge in [-0.2, -0.15) is 0 Å². The molecular formula is C7H15F7. The van der Waals surface area contributed by atoms with Crippen molar-refractivity contribution >= 4 is 0 Å². The lowest BCUT2D eigenvalue weighted by Crippen LogP contribution is -1.47. The largest absolute Gasteiger partial charge is 0.269 e. The summed E-state index contributed by atoms with van der Waals surface area (Å²) >= 11 is 0. The fourth-order valence-electron chi connectivity index (χ4n) is 0.385. The van der Waals surface area contributed by atoms with Gasteiger partial charge >= 0.3 is 0 Å². The Labute approximate surface area is 77.3 Å². The Kier molecular flexibility index (Phi) is 230. The summed E-state index contributed by atoms with van der Waals surface area (Å²) in [4.78, 5) is 0. The molecule has 0 aliphatic heterocycles. The quantitative estimate of drug-likeness (QED) is 0.602. The standard InChI is InChI=1S/C6H6.CH3F.6FH/c1-2-4-6-5-3-1;1-2;;;;;;/h1-6H;1H3;6*1H. The number of halogens is 7. The van der Waals surface area contributed by atoms with Crippen molar-refractivity contribution in [3.8, 4) is 0 Å². The molecule has 0 radical (unpaired) electrons. The first-order chi connectivity index (χ1) is 4.00. The number of rotatable bonds is 0. The van der Waals surface area contributed by atoms with Gasteiger partial charge in [-0.15, -0.1) is 0 Å². The molecule has 1 aromatic rings. The Morgan fingerprint density at radius 2 is 0.500 bits per heavy atom. The third-order valence-corrected chi connectivity index (χ3v) is 0.667. The zero-order chi connectivity index (χ0) is 6.24. The van der Waals surface area contributed by atoms with Crippen LogP contribution in [0.1, 0.15) is 0 Å². The van der Waals surface area contributed by atoms with Crippen LogP contribution in [0.25, 0.3) is 0 Å². The number of alkyl halides is 1. The lowest BCUT2D eigenvalue weighted by Gasteiger charge is -1.69. The van der Waals surface area contributed by atoms with Crippen molar-refractivity contribution in [2.24, 2.45) is 0 Å². The summed E-state index contributed by atoms with van der Waals surface area (Å²) in [5.41, 5.74) is 0. The van der Waals surface area contributed by atoms with Crippen LogP contribution in [0.3, 0.4) is 0 Å². The molecule has 0 atom stereocenters. The van der Waals surface area contributed by atoms with Crippen molar-refractivity contribution in [3.63, 3.8) is 0 Å². The average Bonchev–Trinajstić information content (AvgIpc) is 1.96. The highest BCUT2D eigenvalue weighted by atomic mass is 19.1. The molecule has 0 saturated carbocycles. The van der Waals surface area contributed by atoms with Gasteiger partial charge in [0.1, 0.15) is 0 Å². The fraction of sp³-hybridized carbons (Fsp3) is 0.143. The molecule has 0 nitrogen and oxygen atoms in total. The third kappa shape index (κ3) is 45.4. The minimum atomic E-state index is 0. The second-order valence-corrected chi connectivity index (χ2v) is 1.15. The maximum absolute atomic E-state index is 9.50. The lowest BCUT2D eigenvalue weighted by atomic mass is 10.4. The summed E-state index contributed by atoms with van der Waals surface area (Å²) in [5, 5.41) is 0. The highest BCUT2D eigenvalue weighted by molar-refractivity contribution is 4.99. The molecule has 0 fully saturated rings. The van der Waals surface area contributed by atoms with Gasteiger partial charge in [0.2, 0.25) is 0 Å². The van der Waals surface area contributed by atoms with E-state index < -0.39 is 0 Å². The molecule has 0 spiro atoms. The first-order valence-electron chi connectivity index (χ1n) is 2.38. The summed E-state index contributed by atoms with van der Waals surface area (Å²) in [5.74, 6) is 0. The molecule has 0 unspecified atom stereocenters. The van der Waals surface area contributed by atoms with E-state index >= 15 is 0 Å². The Morgan fingerprint density at radius 1 is 0.429 bits per heavy atom. The van der Waals surface area contributed by atoms with E-state index in [9.17, 15) is 4.39 Å². The predicted octanol–water partition coefficient (Wildman–Crippen LogP) is 3.19. The Bertz CT molecular complexity index is 86.0. The van der Waals surface area contributed by atoms with E-state index in [-0.39, 0.29) is 28.2 Å². The normalized spacial score (nSPS) is 3.86. The van der Waals surface area contributed by atoms with Crippen LogP contribution < -0.4 is 0 Å². The van der Waals surface area contributed by atoms with E-state index in [0.717, 1.165) is 0 Å². The fourth-order valence-corrected chi connectivity index (χ4v) is 0.385. The van der Waals surface area contributed by atoms with Crippen LogP contribution >= 0.6 is 0 Å². The maximum atomic E-state index is 9.50. The van der Waals surface area contributed by atoms with E-state index in [0.29, 0.717) is 7.18 Å². The summed E-state index contributed by atoms with van der Waals surface area (Å²) in [6.07, 6.45) is 0. The SMILES string of the molecule is CF.F.F.F.F.F.F.c1ccccc1. The predicted molar refractivity (Wildman–Crippen MR) is 48.5 cm³/mol. The summed E-state index contributed by atoms with van der Waals surface area (Å²) in [7, 11) is 0.500. The zero-order valence-corrected chi connectivity index (χ0v) is 7.29. The topological polar surface area (TPSA) is 0 Å². The summed E-state index contributed by atoms with van der Waals surface area (Å²) in [6.45, 7) is 0. The molecule has 0 bridgehead atoms. The van der Waals surface area contributed by atoms with Crippen LogP contribution in [0.5, 0.6) is 0 Å². The Balaban J connectivity index is -0.0000000117. The van der Waals surface area contributed by atoms with Gasteiger partial charge in [-0.3, -0.25) is 32.6 Å². The van der Waals surface area contributed by atoms with Crippen LogP contribution in [0.2, 0.25) is 0 Å². The van der Waals surface area contributed by atoms with Crippen LogP contribution in [0.15, 0.2) is 36.4 Å². The monoisotopic (exact) mass is 232 g/mol. The summed E-state index contributed by atoms with van der Waals surface area (Å²) in [6, 6.07) is 12.0. The summed E-state index contributed by atoms with van der Waals surface area (Å²) < 4.78 is 9.50. The molecule has 0 aromatic heterocycles. The minimum absolute atomic E-state index is 0. The molecule has 0 N–H and O–H groups in total. The highest BCUT2D eigenvalue weighted by Crippen LogP contribution is 1.79. The van der Waals surface area contributed by atoms with Gasteiger partial charge < -0.3 is 0 Å². The smallest absolute Gasteiger partial charge is 0.0785 e. The van der Waals surface area contributed by atoms with Gasteiger partial charge in [0.05, 0.1) is 7.18 Å². The molecule has 0 aliphatic rings. The molecule has 0 heterocycles. The van der Waals surface area contributed by atoms with Crippen molar-refractivity contribution in [1.82, 2.24) is 0 Å². The van der Waals surface area contributed by atoms with Gasteiger partial charge in [-0.25, -0.2) is 0 Å². The highest BCUT2D eigenvalue weighted by Gasteiger charge is 1.57. The van der Waals surface area contributed by atoms with Crippen LogP contribution in [0.4, 0.5) is 32.6 Å². The zero-order valence-electron chi connectivity index (χ0n) is 7.29. The maximum Gasteiger partial charge on any atom is 0.0785 e. The molecular weight excluding hydrogens is 217 g/mol. The molecule has 1 aromatic carbocycles. The van der Waals surface area contributed by atoms with Crippen molar-refractivity contribution in [3.05, 3.63) is 36.4 Å². The van der Waals surface area contributed by atoms with Crippen LogP contribution in [-0.2, 0) is 0 Å². The molecule has 0 amide bonds. The van der Waals surface area contributed by atoms with Crippen LogP contribution in [0, 0.1) is 0 Å². The first kappa shape index (κ1) is 53.3. The van der Waals surface area contributed by atoms with Crippen LogP contribution in [-0.4, -0.2) is 7.18 Å². The number of hydrogen-bond acceptors (Lipinski definition) is 0. The van der Waals surface area contributed by atoms with Gasteiger partial charge in [0.25, 0.3) is 0 Å². The third-order valence-electron chi connectivity index (χ3n) is 0.667. The van der Waals surface area contributed by atoms with Crippen molar-refractivity contribution in [2.45, 2.75) is 0 Å². The molecule has 14 heavy (non-hydrogen) atoms. The average molecular weight is 232 g/mol. The molecule has 0 aliphatic carbocycles. The molecule has 7 heteroatoms. The van der Waals surface area contributed by atoms with Gasteiger partial charge in [0.15, 0.2) is 0 Å². The minimum Gasteiger partial charge on any atom is -0.269 e. The molecule has 0 saturated heterocycles. The Morgan fingerprint density at radius 3 is 0.571 bits per heavy atom. The van der Waals surface area contributed by atoms with Gasteiger partial charge in [0, 0.05) is 0 Å². The first-order valence-corrected chi connectivity index (χ1v) is 2.38. The lowest BCUT2D eigenvalue weighted by molar-refractivity contribution is 0.636.